The molecule has 2 atom stereocenters. The van der Waals surface area contributed by atoms with Crippen LogP contribution in [0.5, 0.6) is 0 Å². The summed E-state index contributed by atoms with van der Waals surface area (Å²) in [5.74, 6) is 0.581. The molecule has 0 aromatic carbocycles. The van der Waals surface area contributed by atoms with Crippen molar-refractivity contribution in [3.63, 3.8) is 0 Å². The van der Waals surface area contributed by atoms with Gasteiger partial charge in [0.15, 0.2) is 0 Å². The molecule has 0 heterocycles. The van der Waals surface area contributed by atoms with Gasteiger partial charge in [0.2, 0.25) is 0 Å². The topological polar surface area (TPSA) is 64.6 Å². The summed E-state index contributed by atoms with van der Waals surface area (Å²) in [6.07, 6.45) is 3.36. The van der Waals surface area contributed by atoms with E-state index in [2.05, 4.69) is 12.2 Å². The Labute approximate surface area is 155 Å². The second kappa shape index (κ2) is 11.3. The first-order chi connectivity index (χ1) is 11.0. The van der Waals surface area contributed by atoms with Crippen LogP contribution in [0.25, 0.3) is 0 Å². The first-order valence-electron chi connectivity index (χ1n) is 8.53. The lowest BCUT2D eigenvalue weighted by Crippen LogP contribution is -2.48. The van der Waals surface area contributed by atoms with Crippen molar-refractivity contribution in [2.75, 3.05) is 12.4 Å². The largest absolute Gasteiger partial charge is 0.459 e. The second-order valence-corrected chi connectivity index (χ2v) is 9.81. The van der Waals surface area contributed by atoms with E-state index >= 15 is 0 Å². The summed E-state index contributed by atoms with van der Waals surface area (Å²) in [5, 5.41) is 2.89. The lowest BCUT2D eigenvalue weighted by Gasteiger charge is -2.32. The van der Waals surface area contributed by atoms with E-state index < -0.39 is 15.8 Å². The van der Waals surface area contributed by atoms with Crippen LogP contribution in [0, 0.1) is 0 Å². The minimum absolute atomic E-state index is 0.327. The van der Waals surface area contributed by atoms with Crippen molar-refractivity contribution in [3.05, 3.63) is 0 Å². The van der Waals surface area contributed by atoms with E-state index in [9.17, 15) is 9.59 Å². The highest BCUT2D eigenvalue weighted by atomic mass is 32.2. The van der Waals surface area contributed by atoms with Crippen molar-refractivity contribution < 1.29 is 19.1 Å². The third-order valence-electron chi connectivity index (χ3n) is 2.90. The molecule has 0 aromatic rings. The van der Waals surface area contributed by atoms with Crippen LogP contribution in [0.2, 0.25) is 0 Å². The number of ether oxygens (including phenoxy) is 2. The molecule has 0 rings (SSSR count). The minimum Gasteiger partial charge on any atom is -0.459 e. The zero-order valence-electron chi connectivity index (χ0n) is 16.1. The maximum absolute atomic E-state index is 12.2. The van der Waals surface area contributed by atoms with Gasteiger partial charge in [-0.15, -0.1) is 11.8 Å². The predicted molar refractivity (Wildman–Crippen MR) is 103 cm³/mol. The molecule has 0 aliphatic rings. The number of carbonyl (C=O) groups is 2. The van der Waals surface area contributed by atoms with Crippen molar-refractivity contribution in [1.82, 2.24) is 5.32 Å². The lowest BCUT2D eigenvalue weighted by atomic mass is 10.2. The Hall–Kier alpha value is -0.400. The molecule has 5 nitrogen and oxygen atoms in total. The summed E-state index contributed by atoms with van der Waals surface area (Å²) >= 11 is 2.70. The maximum atomic E-state index is 12.2. The van der Waals surface area contributed by atoms with Crippen LogP contribution < -0.4 is 5.32 Å². The highest BCUT2D eigenvalue weighted by Crippen LogP contribution is 2.36. The van der Waals surface area contributed by atoms with Crippen molar-refractivity contribution in [3.8, 4) is 0 Å². The molecule has 0 radical (unpaired) electrons. The number of hydrogen-bond donors (Lipinski definition) is 1. The fraction of sp³-hybridized carbons (Fsp3) is 0.882. The average molecular weight is 380 g/mol. The summed E-state index contributed by atoms with van der Waals surface area (Å²) < 4.78 is 9.80. The van der Waals surface area contributed by atoms with E-state index in [1.165, 1.54) is 0 Å². The Balaban J connectivity index is 4.83. The van der Waals surface area contributed by atoms with Crippen molar-refractivity contribution >= 4 is 34.8 Å². The Morgan fingerprint density at radius 3 is 2.25 bits per heavy atom. The lowest BCUT2D eigenvalue weighted by molar-refractivity contribution is -0.157. The normalized spacial score (nSPS) is 15.5. The zero-order valence-corrected chi connectivity index (χ0v) is 17.7. The first kappa shape index (κ1) is 23.6. The van der Waals surface area contributed by atoms with Crippen LogP contribution >= 0.6 is 23.5 Å². The number of thioether (sulfide) groups is 2. The quantitative estimate of drug-likeness (QED) is 0.332. The molecule has 0 saturated heterocycles. The average Bonchev–Trinajstić information content (AvgIpc) is 2.41. The van der Waals surface area contributed by atoms with Crippen LogP contribution in [-0.2, 0) is 14.3 Å². The molecule has 0 spiro atoms. The van der Waals surface area contributed by atoms with Crippen LogP contribution in [0.3, 0.4) is 0 Å². The number of rotatable bonds is 10. The van der Waals surface area contributed by atoms with E-state index in [4.69, 9.17) is 9.47 Å². The molecule has 0 fully saturated rings. The van der Waals surface area contributed by atoms with Gasteiger partial charge in [0.1, 0.15) is 15.8 Å². The van der Waals surface area contributed by atoms with Crippen LogP contribution in [0.1, 0.15) is 67.7 Å². The summed E-state index contributed by atoms with van der Waals surface area (Å²) in [4.78, 5) is 24.1. The van der Waals surface area contributed by atoms with Crippen LogP contribution in [0.15, 0.2) is 0 Å². The van der Waals surface area contributed by atoms with Gasteiger partial charge in [0, 0.05) is 0 Å². The Morgan fingerprint density at radius 1 is 1.12 bits per heavy atom. The minimum atomic E-state index is -0.643. The van der Waals surface area contributed by atoms with Gasteiger partial charge in [-0.2, -0.15) is 0 Å². The number of carbonyl (C=O) groups excluding carboxylic acids is 2. The molecule has 1 N–H and O–H groups in total. The summed E-state index contributed by atoms with van der Waals surface area (Å²) in [5.41, 5.74) is -0.536. The predicted octanol–water partition coefficient (Wildman–Crippen LogP) is 4.79. The molecule has 1 unspecified atom stereocenters. The Kier molecular flexibility index (Phi) is 11.1. The van der Waals surface area contributed by atoms with Gasteiger partial charge in [0.05, 0.1) is 6.61 Å². The van der Waals surface area contributed by atoms with E-state index in [0.29, 0.717) is 6.61 Å². The van der Waals surface area contributed by atoms with Gasteiger partial charge < -0.3 is 9.47 Å². The molecule has 0 aliphatic carbocycles. The number of nitrogens with one attached hydrogen (secondary N) is 1. The summed E-state index contributed by atoms with van der Waals surface area (Å²) in [7, 11) is 0. The smallest absolute Gasteiger partial charge is 0.369 e. The van der Waals surface area contributed by atoms with Gasteiger partial charge in [0.25, 0.3) is 0 Å². The van der Waals surface area contributed by atoms with E-state index in [0.717, 1.165) is 36.8 Å². The van der Waals surface area contributed by atoms with Crippen molar-refractivity contribution in [1.29, 1.82) is 0 Å². The monoisotopic (exact) mass is 379 g/mol. The van der Waals surface area contributed by atoms with E-state index in [1.54, 1.807) is 25.6 Å². The first-order valence-corrected chi connectivity index (χ1v) is 10.3. The van der Waals surface area contributed by atoms with Gasteiger partial charge in [-0.1, -0.05) is 19.8 Å². The molecular weight excluding hydrogens is 346 g/mol. The fourth-order valence-electron chi connectivity index (χ4n) is 1.87. The summed E-state index contributed by atoms with van der Waals surface area (Å²) in [6, 6.07) is -0.519. The van der Waals surface area contributed by atoms with Crippen molar-refractivity contribution in [2.45, 2.75) is 83.6 Å². The molecule has 24 heavy (non-hydrogen) atoms. The Morgan fingerprint density at radius 2 is 1.75 bits per heavy atom. The van der Waals surface area contributed by atoms with Gasteiger partial charge >= 0.3 is 11.3 Å². The SMILES string of the molecule is CCCCCS[C@@](C)(NC(C)C(=O)OC(C)(C)C)SC(=O)OCC. The molecule has 7 heteroatoms. The van der Waals surface area contributed by atoms with Crippen LogP contribution in [0.4, 0.5) is 4.79 Å². The van der Waals surface area contributed by atoms with E-state index in [1.807, 2.05) is 27.7 Å². The molecule has 0 bridgehead atoms. The molecule has 0 aromatic heterocycles. The van der Waals surface area contributed by atoms with Gasteiger partial charge in [-0.3, -0.25) is 10.1 Å². The molecule has 0 amide bonds. The highest BCUT2D eigenvalue weighted by Gasteiger charge is 2.34. The third-order valence-corrected chi connectivity index (χ3v) is 5.46. The van der Waals surface area contributed by atoms with E-state index in [-0.39, 0.29) is 11.3 Å². The number of hydrogen-bond acceptors (Lipinski definition) is 7. The maximum Gasteiger partial charge on any atom is 0.369 e. The Bertz CT molecular complexity index is 399. The second-order valence-electron chi connectivity index (χ2n) is 6.69. The zero-order chi connectivity index (χ0) is 18.8. The van der Waals surface area contributed by atoms with Gasteiger partial charge in [-0.05, 0) is 65.5 Å². The molecule has 0 saturated carbocycles. The highest BCUT2D eigenvalue weighted by molar-refractivity contribution is 8.25. The standard InChI is InChI=1S/C17H33NO4S2/c1-8-10-11-12-23-17(7,24-15(20)21-9-2)18-13(3)14(19)22-16(4,5)6/h13,18H,8-12H2,1-7H3/t13?,17-/m1/s1. The van der Waals surface area contributed by atoms with Crippen molar-refractivity contribution in [2.24, 2.45) is 0 Å². The molecular formula is C17H33NO4S2. The fourth-order valence-corrected chi connectivity index (χ4v) is 4.29. The van der Waals surface area contributed by atoms with Crippen LogP contribution in [-0.4, -0.2) is 39.5 Å². The summed E-state index contributed by atoms with van der Waals surface area (Å²) in [6.45, 7) is 13.4. The van der Waals surface area contributed by atoms with Gasteiger partial charge in [-0.25, -0.2) is 4.79 Å². The molecule has 0 aliphatic heterocycles. The third kappa shape index (κ3) is 11.2. The number of unbranched alkanes of at least 4 members (excludes halogenated alkanes) is 2. The molecule has 142 valence electrons. The number of esters is 1.